The minimum Gasteiger partial charge on any atom is -0.353 e. The van der Waals surface area contributed by atoms with Gasteiger partial charge in [0.2, 0.25) is 0 Å². The van der Waals surface area contributed by atoms with Gasteiger partial charge in [-0.15, -0.1) is 0 Å². The molecule has 3 aromatic carbocycles. The van der Waals surface area contributed by atoms with Gasteiger partial charge in [-0.25, -0.2) is 0 Å². The molecule has 1 N–H and O–H groups in total. The Labute approximate surface area is 217 Å². The number of aromatic nitrogens is 1. The highest BCUT2D eigenvalue weighted by atomic mass is 32.1. The minimum atomic E-state index is -0.0710. The molecule has 0 saturated carbocycles. The highest BCUT2D eigenvalue weighted by molar-refractivity contribution is 7.13. The zero-order valence-electron chi connectivity index (χ0n) is 21.3. The number of nitrogens with one attached hydrogen (secondary N) is 1. The van der Waals surface area contributed by atoms with Crippen molar-refractivity contribution in [3.8, 4) is 0 Å². The normalized spacial score (nSPS) is 14.8. The van der Waals surface area contributed by atoms with Gasteiger partial charge in [0, 0.05) is 49.4 Å². The van der Waals surface area contributed by atoms with E-state index < -0.39 is 0 Å². The largest absolute Gasteiger partial charge is 0.353 e. The molecule has 1 aromatic heterocycles. The Hall–Kier alpha value is -3.22. The lowest BCUT2D eigenvalue weighted by molar-refractivity contribution is 0.102. The van der Waals surface area contributed by atoms with E-state index in [0.29, 0.717) is 5.56 Å². The van der Waals surface area contributed by atoms with Gasteiger partial charge >= 0.3 is 0 Å². The Bertz CT molecular complexity index is 1330. The molecule has 0 aliphatic carbocycles. The van der Waals surface area contributed by atoms with Gasteiger partial charge in [-0.05, 0) is 70.9 Å². The Kier molecular flexibility index (Phi) is 7.08. The van der Waals surface area contributed by atoms with Crippen molar-refractivity contribution in [3.05, 3.63) is 89.5 Å². The number of anilines is 2. The molecule has 0 bridgehead atoms. The van der Waals surface area contributed by atoms with E-state index in [1.165, 1.54) is 21.2 Å². The first-order valence-electron chi connectivity index (χ1n) is 12.7. The van der Waals surface area contributed by atoms with Crippen LogP contribution < -0.4 is 10.2 Å². The quantitative estimate of drug-likeness (QED) is 0.343. The average Bonchev–Trinajstić information content (AvgIpc) is 3.32. The SMILES string of the molecule is CC(C)(C)c1ccc(C(=O)Nc2cccc(CCN3CCN(c4nsc5ccccc45)CC3)c2)cc1. The van der Waals surface area contributed by atoms with Crippen LogP contribution in [0.25, 0.3) is 10.1 Å². The first-order chi connectivity index (χ1) is 17.4. The second-order valence-corrected chi connectivity index (χ2v) is 11.4. The molecule has 0 atom stereocenters. The van der Waals surface area contributed by atoms with Gasteiger partial charge < -0.3 is 10.2 Å². The van der Waals surface area contributed by atoms with Crippen LogP contribution in [-0.2, 0) is 11.8 Å². The molecule has 5 rings (SSSR count). The summed E-state index contributed by atoms with van der Waals surface area (Å²) in [6, 6.07) is 24.6. The predicted octanol–water partition coefficient (Wildman–Crippen LogP) is 6.21. The van der Waals surface area contributed by atoms with Crippen LogP contribution in [0, 0.1) is 0 Å². The van der Waals surface area contributed by atoms with Crippen LogP contribution >= 0.6 is 11.5 Å². The van der Waals surface area contributed by atoms with E-state index in [9.17, 15) is 4.79 Å². The molecular weight excluding hydrogens is 464 g/mol. The zero-order valence-corrected chi connectivity index (χ0v) is 22.1. The molecule has 1 aliphatic heterocycles. The van der Waals surface area contributed by atoms with Crippen molar-refractivity contribution in [2.24, 2.45) is 0 Å². The van der Waals surface area contributed by atoms with Crippen molar-refractivity contribution in [3.63, 3.8) is 0 Å². The van der Waals surface area contributed by atoms with Crippen molar-refractivity contribution < 1.29 is 4.79 Å². The summed E-state index contributed by atoms with van der Waals surface area (Å²) in [5, 5.41) is 4.33. The average molecular weight is 499 g/mol. The number of nitrogens with zero attached hydrogens (tertiary/aromatic N) is 3. The number of carbonyl (C=O) groups excluding carboxylic acids is 1. The van der Waals surface area contributed by atoms with E-state index in [1.807, 2.05) is 36.4 Å². The number of hydrogen-bond donors (Lipinski definition) is 1. The van der Waals surface area contributed by atoms with E-state index in [0.717, 1.165) is 50.6 Å². The fourth-order valence-electron chi connectivity index (χ4n) is 4.70. The molecule has 36 heavy (non-hydrogen) atoms. The van der Waals surface area contributed by atoms with Crippen LogP contribution in [-0.4, -0.2) is 47.9 Å². The molecule has 0 radical (unpaired) electrons. The van der Waals surface area contributed by atoms with Crippen LogP contribution in [0.5, 0.6) is 0 Å². The van der Waals surface area contributed by atoms with Gasteiger partial charge in [-0.1, -0.05) is 57.2 Å². The Morgan fingerprint density at radius 2 is 1.69 bits per heavy atom. The molecule has 4 aromatic rings. The Balaban J connectivity index is 1.13. The molecule has 2 heterocycles. The maximum atomic E-state index is 12.8. The molecule has 0 spiro atoms. The molecule has 0 unspecified atom stereocenters. The summed E-state index contributed by atoms with van der Waals surface area (Å²) in [5.74, 6) is 1.06. The van der Waals surface area contributed by atoms with Crippen molar-refractivity contribution in [2.75, 3.05) is 42.9 Å². The second kappa shape index (κ2) is 10.4. The third-order valence-corrected chi connectivity index (χ3v) is 7.76. The summed E-state index contributed by atoms with van der Waals surface area (Å²) in [6.07, 6.45) is 0.962. The van der Waals surface area contributed by atoms with Crippen molar-refractivity contribution in [2.45, 2.75) is 32.6 Å². The van der Waals surface area contributed by atoms with Gasteiger partial charge in [0.25, 0.3) is 5.91 Å². The van der Waals surface area contributed by atoms with E-state index in [-0.39, 0.29) is 11.3 Å². The lowest BCUT2D eigenvalue weighted by Crippen LogP contribution is -2.47. The highest BCUT2D eigenvalue weighted by Crippen LogP contribution is 2.30. The van der Waals surface area contributed by atoms with E-state index >= 15 is 0 Å². The third kappa shape index (κ3) is 5.61. The predicted molar refractivity (Wildman–Crippen MR) is 152 cm³/mol. The van der Waals surface area contributed by atoms with Crippen molar-refractivity contribution in [1.29, 1.82) is 0 Å². The molecular formula is C30H34N4OS. The summed E-state index contributed by atoms with van der Waals surface area (Å²) in [7, 11) is 0. The number of hydrogen-bond acceptors (Lipinski definition) is 5. The molecule has 1 amide bonds. The molecule has 6 heteroatoms. The number of fused-ring (bicyclic) bond motifs is 1. The van der Waals surface area contributed by atoms with Gasteiger partial charge in [-0.2, -0.15) is 4.37 Å². The van der Waals surface area contributed by atoms with Crippen LogP contribution in [0.1, 0.15) is 42.3 Å². The van der Waals surface area contributed by atoms with Crippen LogP contribution in [0.4, 0.5) is 11.5 Å². The number of carbonyl (C=O) groups is 1. The summed E-state index contributed by atoms with van der Waals surface area (Å²) >= 11 is 1.59. The van der Waals surface area contributed by atoms with Crippen LogP contribution in [0.2, 0.25) is 0 Å². The van der Waals surface area contributed by atoms with Crippen molar-refractivity contribution >= 4 is 39.0 Å². The van der Waals surface area contributed by atoms with E-state index in [4.69, 9.17) is 4.37 Å². The molecule has 5 nitrogen and oxygen atoms in total. The topological polar surface area (TPSA) is 48.5 Å². The fourth-order valence-corrected chi connectivity index (χ4v) is 5.50. The van der Waals surface area contributed by atoms with Gasteiger partial charge in [-0.3, -0.25) is 9.69 Å². The number of amides is 1. The van der Waals surface area contributed by atoms with Gasteiger partial charge in [0.1, 0.15) is 5.82 Å². The van der Waals surface area contributed by atoms with E-state index in [2.05, 4.69) is 72.3 Å². The number of rotatable bonds is 6. The molecule has 1 fully saturated rings. The maximum Gasteiger partial charge on any atom is 0.255 e. The van der Waals surface area contributed by atoms with E-state index in [1.54, 1.807) is 11.5 Å². The van der Waals surface area contributed by atoms with Crippen LogP contribution in [0.3, 0.4) is 0 Å². The molecule has 1 saturated heterocycles. The fraction of sp³-hybridized carbons (Fsp3) is 0.333. The number of piperazine rings is 1. The highest BCUT2D eigenvalue weighted by Gasteiger charge is 2.20. The summed E-state index contributed by atoms with van der Waals surface area (Å²) < 4.78 is 5.98. The lowest BCUT2D eigenvalue weighted by Gasteiger charge is -2.35. The monoisotopic (exact) mass is 498 g/mol. The molecule has 1 aliphatic rings. The maximum absolute atomic E-state index is 12.8. The third-order valence-electron chi connectivity index (χ3n) is 6.94. The summed E-state index contributed by atoms with van der Waals surface area (Å²) in [4.78, 5) is 17.7. The first kappa shape index (κ1) is 24.5. The second-order valence-electron chi connectivity index (χ2n) is 10.6. The lowest BCUT2D eigenvalue weighted by atomic mass is 9.87. The first-order valence-corrected chi connectivity index (χ1v) is 13.5. The zero-order chi connectivity index (χ0) is 25.1. The smallest absolute Gasteiger partial charge is 0.255 e. The summed E-state index contributed by atoms with van der Waals surface area (Å²) in [5.41, 5.74) is 4.06. The minimum absolute atomic E-state index is 0.0710. The molecule has 186 valence electrons. The standard InChI is InChI=1S/C30H34N4OS/c1-30(2,3)24-13-11-23(12-14-24)29(35)31-25-8-6-7-22(21-25)15-16-33-17-19-34(20-18-33)28-26-9-4-5-10-27(26)36-32-28/h4-14,21H,15-20H2,1-3H3,(H,31,35). The number of benzene rings is 3. The summed E-state index contributed by atoms with van der Waals surface area (Å²) in [6.45, 7) is 11.6. The van der Waals surface area contributed by atoms with Gasteiger partial charge in [0.15, 0.2) is 0 Å². The Morgan fingerprint density at radius 1 is 0.944 bits per heavy atom. The van der Waals surface area contributed by atoms with Gasteiger partial charge in [0.05, 0.1) is 4.70 Å². The van der Waals surface area contributed by atoms with Crippen molar-refractivity contribution in [1.82, 2.24) is 9.27 Å². The Morgan fingerprint density at radius 3 is 2.44 bits per heavy atom. The van der Waals surface area contributed by atoms with Crippen LogP contribution in [0.15, 0.2) is 72.8 Å².